The van der Waals surface area contributed by atoms with Crippen LogP contribution in [0.5, 0.6) is 0 Å². The highest BCUT2D eigenvalue weighted by atomic mass is 16.3. The molecule has 0 aromatic rings. The van der Waals surface area contributed by atoms with Gasteiger partial charge in [0, 0.05) is 6.42 Å². The van der Waals surface area contributed by atoms with Crippen LogP contribution in [0.4, 0.5) is 0 Å². The molecule has 0 rings (SSSR count). The van der Waals surface area contributed by atoms with Crippen LogP contribution in [0, 0.1) is 0 Å². The first kappa shape index (κ1) is 68.8. The molecule has 5 heteroatoms. The molecule has 0 spiro atoms. The molecule has 0 radical (unpaired) electrons. The number of amides is 1. The van der Waals surface area contributed by atoms with Crippen LogP contribution in [0.15, 0.2) is 24.3 Å². The standard InChI is InChI=1S/C65H127NO4/c1-3-5-7-9-11-13-15-17-19-21-23-24-25-26-27-28-29-30-31-32-33-34-35-36-37-38-39-40-42-44-46-48-50-52-54-56-58-60-64(69)66-62(61-67)65(70)63(68)59-57-55-53-51-49-47-45-43-41-22-20-18-16-14-12-10-8-6-4-2/h27-28,30-31,62-63,65,67-68,70H,3-26,29,32-61H2,1-2H3,(H,66,69)/b28-27-,31-30-. The second kappa shape index (κ2) is 60.4. The molecule has 3 atom stereocenters. The van der Waals surface area contributed by atoms with E-state index in [1.54, 1.807) is 0 Å². The fraction of sp³-hybridized carbons (Fsp3) is 0.923. The van der Waals surface area contributed by atoms with Crippen molar-refractivity contribution in [2.75, 3.05) is 6.61 Å². The van der Waals surface area contributed by atoms with E-state index in [1.807, 2.05) is 0 Å². The third kappa shape index (κ3) is 54.6. The summed E-state index contributed by atoms with van der Waals surface area (Å²) < 4.78 is 0. The molecule has 3 unspecified atom stereocenters. The van der Waals surface area contributed by atoms with Gasteiger partial charge in [-0.15, -0.1) is 0 Å². The maximum Gasteiger partial charge on any atom is 0.220 e. The topological polar surface area (TPSA) is 89.8 Å². The first-order chi connectivity index (χ1) is 34.6. The summed E-state index contributed by atoms with van der Waals surface area (Å²) in [5.74, 6) is -0.138. The number of carbonyl (C=O) groups excluding carboxylic acids is 1. The Labute approximate surface area is 439 Å². The molecular weight excluding hydrogens is 859 g/mol. The van der Waals surface area contributed by atoms with Crippen molar-refractivity contribution < 1.29 is 20.1 Å². The van der Waals surface area contributed by atoms with Gasteiger partial charge in [-0.3, -0.25) is 4.79 Å². The van der Waals surface area contributed by atoms with E-state index in [9.17, 15) is 20.1 Å². The van der Waals surface area contributed by atoms with Gasteiger partial charge >= 0.3 is 0 Å². The minimum absolute atomic E-state index is 0.138. The van der Waals surface area contributed by atoms with Crippen molar-refractivity contribution in [2.24, 2.45) is 0 Å². The number of aliphatic hydroxyl groups is 3. The molecule has 70 heavy (non-hydrogen) atoms. The van der Waals surface area contributed by atoms with Crippen LogP contribution in [0.1, 0.15) is 361 Å². The molecule has 0 aliphatic heterocycles. The maximum atomic E-state index is 12.5. The second-order valence-electron chi connectivity index (χ2n) is 22.3. The van der Waals surface area contributed by atoms with Crippen molar-refractivity contribution in [1.29, 1.82) is 0 Å². The van der Waals surface area contributed by atoms with E-state index in [0.29, 0.717) is 12.8 Å². The molecule has 0 aliphatic rings. The van der Waals surface area contributed by atoms with Gasteiger partial charge in [-0.2, -0.15) is 0 Å². The summed E-state index contributed by atoms with van der Waals surface area (Å²) in [6.07, 6.45) is 78.0. The molecule has 0 fully saturated rings. The number of unbranched alkanes of at least 4 members (excludes halogenated alkanes) is 48. The number of carbonyl (C=O) groups is 1. The Morgan fingerprint density at radius 2 is 0.614 bits per heavy atom. The third-order valence-electron chi connectivity index (χ3n) is 15.3. The zero-order valence-electron chi connectivity index (χ0n) is 47.7. The number of nitrogens with one attached hydrogen (secondary N) is 1. The Bertz CT molecular complexity index is 1040. The lowest BCUT2D eigenvalue weighted by Crippen LogP contribution is -2.50. The van der Waals surface area contributed by atoms with Gasteiger partial charge in [0.05, 0.1) is 18.8 Å². The molecule has 0 saturated carbocycles. The summed E-state index contributed by atoms with van der Waals surface area (Å²) in [6, 6.07) is -0.808. The minimum Gasteiger partial charge on any atom is -0.394 e. The zero-order valence-corrected chi connectivity index (χ0v) is 47.7. The average Bonchev–Trinajstić information content (AvgIpc) is 3.36. The van der Waals surface area contributed by atoms with Gasteiger partial charge in [0.2, 0.25) is 5.91 Å². The molecule has 1 amide bonds. The molecule has 0 bridgehead atoms. The summed E-state index contributed by atoms with van der Waals surface area (Å²) in [6.45, 7) is 4.22. The zero-order chi connectivity index (χ0) is 50.7. The second-order valence-corrected chi connectivity index (χ2v) is 22.3. The Morgan fingerprint density at radius 1 is 0.357 bits per heavy atom. The van der Waals surface area contributed by atoms with Crippen LogP contribution in [0.25, 0.3) is 0 Å². The number of rotatable bonds is 60. The van der Waals surface area contributed by atoms with Crippen LogP contribution >= 0.6 is 0 Å². The van der Waals surface area contributed by atoms with E-state index >= 15 is 0 Å². The van der Waals surface area contributed by atoms with Crippen LogP contribution in [0.3, 0.4) is 0 Å². The Balaban J connectivity index is 3.46. The van der Waals surface area contributed by atoms with E-state index in [-0.39, 0.29) is 12.5 Å². The van der Waals surface area contributed by atoms with Gasteiger partial charge in [0.1, 0.15) is 6.10 Å². The SMILES string of the molecule is CCCCCCCCCCCCCCC/C=C\C/C=C\CCCCCCCCCCCCCCCCCCCC(=O)NC(CO)C(O)C(O)CCCCCCCCCCCCCCCCCCCCC. The fourth-order valence-corrected chi connectivity index (χ4v) is 10.4. The fourth-order valence-electron chi connectivity index (χ4n) is 10.4. The van der Waals surface area contributed by atoms with Crippen molar-refractivity contribution in [2.45, 2.75) is 379 Å². The summed E-state index contributed by atoms with van der Waals surface area (Å²) in [4.78, 5) is 12.5. The summed E-state index contributed by atoms with van der Waals surface area (Å²) >= 11 is 0. The molecule has 0 saturated heterocycles. The molecule has 416 valence electrons. The number of aliphatic hydroxyl groups excluding tert-OH is 3. The Morgan fingerprint density at radius 3 is 0.900 bits per heavy atom. The van der Waals surface area contributed by atoms with Crippen molar-refractivity contribution in [3.63, 3.8) is 0 Å². The Hall–Kier alpha value is -1.17. The normalized spacial score (nSPS) is 13.3. The summed E-state index contributed by atoms with van der Waals surface area (Å²) in [7, 11) is 0. The van der Waals surface area contributed by atoms with Gasteiger partial charge in [0.25, 0.3) is 0 Å². The molecule has 0 aromatic carbocycles. The van der Waals surface area contributed by atoms with Gasteiger partial charge in [-0.25, -0.2) is 0 Å². The first-order valence-corrected chi connectivity index (χ1v) is 32.1. The van der Waals surface area contributed by atoms with Crippen molar-refractivity contribution in [3.05, 3.63) is 24.3 Å². The lowest BCUT2D eigenvalue weighted by atomic mass is 9.99. The van der Waals surface area contributed by atoms with Gasteiger partial charge in [0.15, 0.2) is 0 Å². The van der Waals surface area contributed by atoms with Gasteiger partial charge < -0.3 is 20.6 Å². The van der Waals surface area contributed by atoms with E-state index in [1.165, 1.54) is 295 Å². The smallest absolute Gasteiger partial charge is 0.220 e. The molecule has 0 aliphatic carbocycles. The molecule has 4 N–H and O–H groups in total. The minimum atomic E-state index is -1.14. The highest BCUT2D eigenvalue weighted by molar-refractivity contribution is 5.76. The van der Waals surface area contributed by atoms with Crippen molar-refractivity contribution in [1.82, 2.24) is 5.32 Å². The van der Waals surface area contributed by atoms with E-state index in [0.717, 1.165) is 38.5 Å². The number of hydrogen-bond donors (Lipinski definition) is 4. The van der Waals surface area contributed by atoms with Crippen molar-refractivity contribution in [3.8, 4) is 0 Å². The summed E-state index contributed by atoms with van der Waals surface area (Å²) in [5.41, 5.74) is 0. The number of allylic oxidation sites excluding steroid dienone is 4. The molecule has 5 nitrogen and oxygen atoms in total. The largest absolute Gasteiger partial charge is 0.394 e. The quantitative estimate of drug-likeness (QED) is 0.0361. The van der Waals surface area contributed by atoms with Crippen LogP contribution in [0.2, 0.25) is 0 Å². The van der Waals surface area contributed by atoms with Crippen LogP contribution in [-0.4, -0.2) is 46.1 Å². The summed E-state index contributed by atoms with van der Waals surface area (Å²) in [5, 5.41) is 33.9. The Kier molecular flexibility index (Phi) is 59.4. The first-order valence-electron chi connectivity index (χ1n) is 32.1. The lowest BCUT2D eigenvalue weighted by Gasteiger charge is -2.26. The van der Waals surface area contributed by atoms with Crippen LogP contribution < -0.4 is 5.32 Å². The monoisotopic (exact) mass is 986 g/mol. The molecular formula is C65H127NO4. The van der Waals surface area contributed by atoms with E-state index in [2.05, 4.69) is 43.5 Å². The average molecular weight is 987 g/mol. The predicted octanol–water partition coefficient (Wildman–Crippen LogP) is 20.4. The van der Waals surface area contributed by atoms with Gasteiger partial charge in [-0.1, -0.05) is 334 Å². The van der Waals surface area contributed by atoms with E-state index < -0.39 is 18.2 Å². The predicted molar refractivity (Wildman–Crippen MR) is 310 cm³/mol. The molecule has 0 aromatic heterocycles. The highest BCUT2D eigenvalue weighted by Gasteiger charge is 2.26. The van der Waals surface area contributed by atoms with Gasteiger partial charge in [-0.05, 0) is 44.9 Å². The third-order valence-corrected chi connectivity index (χ3v) is 15.3. The molecule has 0 heterocycles. The van der Waals surface area contributed by atoms with Crippen molar-refractivity contribution >= 4 is 5.91 Å². The highest BCUT2D eigenvalue weighted by Crippen LogP contribution is 2.19. The maximum absolute atomic E-state index is 12.5. The number of hydrogen-bond acceptors (Lipinski definition) is 4. The lowest BCUT2D eigenvalue weighted by molar-refractivity contribution is -0.124. The van der Waals surface area contributed by atoms with Crippen LogP contribution in [-0.2, 0) is 4.79 Å². The van der Waals surface area contributed by atoms with E-state index in [4.69, 9.17) is 0 Å².